The fraction of sp³-hybridized carbons (Fsp3) is 0.944. The molecule has 4 unspecified atom stereocenters. The van der Waals surface area contributed by atoms with Crippen LogP contribution in [0.25, 0.3) is 0 Å². The van der Waals surface area contributed by atoms with Crippen molar-refractivity contribution in [2.75, 3.05) is 13.2 Å². The smallest absolute Gasteiger partial charge is 0.442 e. The Labute approximate surface area is 406 Å². The fourth-order valence-electron chi connectivity index (χ4n) is 5.97. The SMILES string of the molecule is C.C.C#C[Si](O[SiH](C)C)(O[SiH](C)C)O[SiH](C)C.CC[SiH]1CCCCO1.CC[Si](C)(O[SiH](C)C)O[SiH](C)O[SiH](C)C.C[SiH](C)O[Si](C)(O[SiH](C)C)O[SiH](C)C.C[SiH]1CCCCO1.[HH].[HH]. The molecular formula is C36H110O11Si14. The molecule has 2 aliphatic heterocycles. The molecule has 0 aromatic heterocycles. The van der Waals surface area contributed by atoms with Gasteiger partial charge in [0.1, 0.15) is 0 Å². The lowest BCUT2D eigenvalue weighted by molar-refractivity contribution is 0.279. The molecule has 0 bridgehead atoms. The van der Waals surface area contributed by atoms with Gasteiger partial charge >= 0.3 is 26.2 Å². The van der Waals surface area contributed by atoms with Crippen LogP contribution >= 0.6 is 0 Å². The van der Waals surface area contributed by atoms with Crippen molar-refractivity contribution >= 4 is 126 Å². The van der Waals surface area contributed by atoms with E-state index in [4.69, 9.17) is 52.3 Å². The van der Waals surface area contributed by atoms with Crippen molar-refractivity contribution in [3.63, 3.8) is 0 Å². The van der Waals surface area contributed by atoms with E-state index in [1.54, 1.807) is 0 Å². The molecule has 0 aromatic rings. The Morgan fingerprint density at radius 3 is 1.13 bits per heavy atom. The lowest BCUT2D eigenvalue weighted by Gasteiger charge is -2.32. The second-order valence-corrected chi connectivity index (χ2v) is 55.8. The number of hydrogen-bond donors (Lipinski definition) is 0. The van der Waals surface area contributed by atoms with Gasteiger partial charge in [-0.2, -0.15) is 0 Å². The van der Waals surface area contributed by atoms with Gasteiger partial charge in [-0.1, -0.05) is 41.5 Å². The highest BCUT2D eigenvalue weighted by Crippen LogP contribution is 2.18. The molecule has 2 aliphatic rings. The minimum absolute atomic E-state index is 0. The summed E-state index contributed by atoms with van der Waals surface area (Å²) < 4.78 is 64.5. The van der Waals surface area contributed by atoms with Gasteiger partial charge in [-0.15, -0.1) is 6.42 Å². The molecule has 376 valence electrons. The molecule has 2 rings (SSSR count). The normalized spacial score (nSPS) is 18.4. The molecule has 25 heteroatoms. The zero-order valence-electron chi connectivity index (χ0n) is 42.5. The third-order valence-corrected chi connectivity index (χ3v) is 45.3. The molecule has 4 atom stereocenters. The summed E-state index contributed by atoms with van der Waals surface area (Å²) in [6, 6.07) is 5.19. The lowest BCUT2D eigenvalue weighted by atomic mass is 10.4. The fourth-order valence-corrected chi connectivity index (χ4v) is 45.1. The van der Waals surface area contributed by atoms with Gasteiger partial charge in [0.15, 0.2) is 90.4 Å². The van der Waals surface area contributed by atoms with Gasteiger partial charge in [0.25, 0.3) is 9.28 Å². The van der Waals surface area contributed by atoms with Gasteiger partial charge in [-0.05, 0) is 167 Å². The van der Waals surface area contributed by atoms with E-state index in [-0.39, 0.29) is 17.7 Å². The Morgan fingerprint density at radius 2 is 0.918 bits per heavy atom. The molecule has 2 fully saturated rings. The number of terminal acetylenes is 1. The highest BCUT2D eigenvalue weighted by atomic mass is 28.5. The van der Waals surface area contributed by atoms with Crippen molar-refractivity contribution in [3.05, 3.63) is 0 Å². The van der Waals surface area contributed by atoms with Crippen LogP contribution in [-0.2, 0) is 45.9 Å². The Balaban J connectivity index is -0.000000125. The van der Waals surface area contributed by atoms with Crippen LogP contribution in [-0.4, -0.2) is 139 Å². The first-order chi connectivity index (χ1) is 27.2. The predicted octanol–water partition coefficient (Wildman–Crippen LogP) is 9.05. The number of hydrogen-bond acceptors (Lipinski definition) is 11. The average molecular weight is 1110 g/mol. The van der Waals surface area contributed by atoms with Crippen LogP contribution in [0, 0.1) is 12.0 Å². The Bertz CT molecular complexity index is 983. The van der Waals surface area contributed by atoms with Crippen LogP contribution in [0.1, 0.15) is 57.2 Å². The maximum atomic E-state index is 6.11. The van der Waals surface area contributed by atoms with Crippen molar-refractivity contribution < 1.29 is 48.7 Å². The summed E-state index contributed by atoms with van der Waals surface area (Å²) in [6.07, 6.45) is 11.0. The molecule has 0 aromatic carbocycles. The van der Waals surface area contributed by atoms with E-state index < -0.39 is 126 Å². The average Bonchev–Trinajstić information content (AvgIpc) is 3.07. The van der Waals surface area contributed by atoms with E-state index in [9.17, 15) is 0 Å². The van der Waals surface area contributed by atoms with Crippen molar-refractivity contribution in [1.29, 1.82) is 0 Å². The summed E-state index contributed by atoms with van der Waals surface area (Å²) in [7, 11) is -18.3. The van der Waals surface area contributed by atoms with Gasteiger partial charge in [-0.3, -0.25) is 0 Å². The van der Waals surface area contributed by atoms with Gasteiger partial charge in [-0.25, -0.2) is 0 Å². The minimum Gasteiger partial charge on any atom is -0.442 e. The highest BCUT2D eigenvalue weighted by Gasteiger charge is 2.42. The summed E-state index contributed by atoms with van der Waals surface area (Å²) in [5.41, 5.74) is 2.69. The van der Waals surface area contributed by atoms with Crippen LogP contribution in [0.3, 0.4) is 0 Å². The Kier molecular flexibility index (Phi) is 48.7. The van der Waals surface area contributed by atoms with Crippen LogP contribution in [0.15, 0.2) is 0 Å². The molecule has 0 saturated carbocycles. The second-order valence-electron chi connectivity index (χ2n) is 17.7. The molecule has 0 spiro atoms. The standard InChI is InChI=1S/C8H26O3Si4.C8H22O3Si4.C7H24O3Si4.C6H14OSi.C5H12OSi.2CH4.2H2/c1-8-15(7,10-13(4)5)11-14(6)9-12(2)3;1-8-15(9-12(2)3,10-13(4)5)11-14(6)7;1-11(2)8-14(7,9-12(3)4)10-13(5)6;1-2-8-6-4-3-5-7-8;1-7-5-3-2-4-6-7;;;;/h12-14H,8H2,1-7H3;1,12-14H,2-7H3;11-13H,1-7H3;8H,2-6H2,1H3;7H,2-5H2,1H3;2*1H4;2*1H. The Hall–Kier alpha value is 2.16. The lowest BCUT2D eigenvalue weighted by Crippen LogP contribution is -2.52. The molecule has 61 heavy (non-hydrogen) atoms. The molecule has 0 N–H and O–H groups in total. The van der Waals surface area contributed by atoms with E-state index in [0.717, 1.165) is 19.3 Å². The molecule has 0 radical (unpaired) electrons. The molecule has 0 amide bonds. The largest absolute Gasteiger partial charge is 0.559 e. The molecule has 2 saturated heterocycles. The van der Waals surface area contributed by atoms with E-state index in [1.165, 1.54) is 43.8 Å². The van der Waals surface area contributed by atoms with Crippen LogP contribution in [0.4, 0.5) is 0 Å². The zero-order valence-corrected chi connectivity index (χ0v) is 58.2. The minimum atomic E-state index is -2.75. The van der Waals surface area contributed by atoms with Gasteiger partial charge < -0.3 is 45.9 Å². The van der Waals surface area contributed by atoms with Crippen molar-refractivity contribution in [1.82, 2.24) is 0 Å². The maximum absolute atomic E-state index is 6.11. The summed E-state index contributed by atoms with van der Waals surface area (Å²) in [5.74, 6) is 0. The van der Waals surface area contributed by atoms with Gasteiger partial charge in [0, 0.05) is 22.6 Å². The maximum Gasteiger partial charge on any atom is 0.559 e. The van der Waals surface area contributed by atoms with Gasteiger partial charge in [0.05, 0.1) is 0 Å². The molecule has 2 heterocycles. The third-order valence-electron chi connectivity index (χ3n) is 7.84. The molecule has 0 aliphatic carbocycles. The zero-order chi connectivity index (χ0) is 46.4. The quantitative estimate of drug-likeness (QED) is 0.0863. The van der Waals surface area contributed by atoms with Crippen LogP contribution < -0.4 is 0 Å². The van der Waals surface area contributed by atoms with E-state index in [0.29, 0.717) is 0 Å². The summed E-state index contributed by atoms with van der Waals surface area (Å²) in [4.78, 5) is 0. The van der Waals surface area contributed by atoms with E-state index in [2.05, 4.69) is 150 Å². The van der Waals surface area contributed by atoms with Crippen molar-refractivity contribution in [2.45, 2.75) is 210 Å². The van der Waals surface area contributed by atoms with E-state index in [1.807, 2.05) is 0 Å². The monoisotopic (exact) mass is 1110 g/mol. The predicted molar refractivity (Wildman–Crippen MR) is 310 cm³/mol. The second kappa shape index (κ2) is 41.2. The third kappa shape index (κ3) is 45.7. The molecular weight excluding hydrogens is 1000 g/mol. The van der Waals surface area contributed by atoms with E-state index >= 15 is 0 Å². The highest BCUT2D eigenvalue weighted by molar-refractivity contribution is 6.85. The summed E-state index contributed by atoms with van der Waals surface area (Å²) in [5, 5.41) is 0. The first kappa shape index (κ1) is 72.1. The van der Waals surface area contributed by atoms with Crippen LogP contribution in [0.5, 0.6) is 0 Å². The Morgan fingerprint density at radius 1 is 0.541 bits per heavy atom. The first-order valence-corrected chi connectivity index (χ1v) is 58.3. The van der Waals surface area contributed by atoms with Crippen molar-refractivity contribution in [3.8, 4) is 12.0 Å². The molecule has 11 nitrogen and oxygen atoms in total. The van der Waals surface area contributed by atoms with Crippen molar-refractivity contribution in [2.24, 2.45) is 0 Å². The summed E-state index contributed by atoms with van der Waals surface area (Å²) in [6.45, 7) is 49.5. The topological polar surface area (TPSA) is 102 Å². The van der Waals surface area contributed by atoms with Crippen LogP contribution in [0.2, 0.25) is 155 Å². The summed E-state index contributed by atoms with van der Waals surface area (Å²) >= 11 is 0. The number of rotatable bonds is 20. The van der Waals surface area contributed by atoms with Gasteiger partial charge in [0.2, 0.25) is 0 Å². The first-order valence-electron chi connectivity index (χ1n) is 23.0.